The second-order valence-corrected chi connectivity index (χ2v) is 5.34. The van der Waals surface area contributed by atoms with E-state index in [1.54, 1.807) is 19.0 Å². The standard InChI is InChI=1S/C13H25N3O2/c1-16(2)13(18)9-15-11(8-12(14)17)10-6-4-3-5-7-10/h10-11,15H,3-9H2,1-2H3,(H2,14,17)/t11-/m1/s1. The van der Waals surface area contributed by atoms with Crippen molar-refractivity contribution in [2.24, 2.45) is 11.7 Å². The smallest absolute Gasteiger partial charge is 0.236 e. The summed E-state index contributed by atoms with van der Waals surface area (Å²) < 4.78 is 0. The molecule has 0 aromatic carbocycles. The lowest BCUT2D eigenvalue weighted by Gasteiger charge is -2.30. The van der Waals surface area contributed by atoms with Crippen LogP contribution in [0.5, 0.6) is 0 Å². The van der Waals surface area contributed by atoms with E-state index in [1.807, 2.05) is 0 Å². The Bertz CT molecular complexity index is 286. The van der Waals surface area contributed by atoms with Crippen molar-refractivity contribution in [2.75, 3.05) is 20.6 Å². The Morgan fingerprint density at radius 3 is 2.39 bits per heavy atom. The van der Waals surface area contributed by atoms with E-state index < -0.39 is 0 Å². The topological polar surface area (TPSA) is 75.4 Å². The summed E-state index contributed by atoms with van der Waals surface area (Å²) in [6.45, 7) is 0.279. The van der Waals surface area contributed by atoms with Crippen LogP contribution < -0.4 is 11.1 Å². The molecule has 5 heteroatoms. The van der Waals surface area contributed by atoms with Gasteiger partial charge in [-0.25, -0.2) is 0 Å². The van der Waals surface area contributed by atoms with Crippen LogP contribution in [0.4, 0.5) is 0 Å². The number of carbonyl (C=O) groups excluding carboxylic acids is 2. The van der Waals surface area contributed by atoms with E-state index in [0.717, 1.165) is 12.8 Å². The van der Waals surface area contributed by atoms with E-state index in [-0.39, 0.29) is 24.4 Å². The number of likely N-dealkylation sites (N-methyl/N-ethyl adjacent to an activating group) is 1. The lowest BCUT2D eigenvalue weighted by atomic mass is 9.82. The van der Waals surface area contributed by atoms with Gasteiger partial charge in [-0.3, -0.25) is 9.59 Å². The van der Waals surface area contributed by atoms with Crippen LogP contribution in [-0.4, -0.2) is 43.4 Å². The second-order valence-electron chi connectivity index (χ2n) is 5.34. The Balaban J connectivity index is 2.49. The minimum absolute atomic E-state index is 0.0280. The van der Waals surface area contributed by atoms with Gasteiger partial charge in [-0.2, -0.15) is 0 Å². The number of amides is 2. The van der Waals surface area contributed by atoms with Crippen LogP contribution in [0.25, 0.3) is 0 Å². The quantitative estimate of drug-likeness (QED) is 0.725. The predicted molar refractivity (Wildman–Crippen MR) is 70.9 cm³/mol. The van der Waals surface area contributed by atoms with Crippen LogP contribution in [0.15, 0.2) is 0 Å². The molecule has 0 saturated heterocycles. The number of hydrogen-bond acceptors (Lipinski definition) is 3. The molecule has 2 amide bonds. The van der Waals surface area contributed by atoms with E-state index in [1.165, 1.54) is 19.3 Å². The molecule has 18 heavy (non-hydrogen) atoms. The van der Waals surface area contributed by atoms with Gasteiger partial charge in [0.2, 0.25) is 11.8 Å². The third kappa shape index (κ3) is 5.04. The van der Waals surface area contributed by atoms with Crippen molar-refractivity contribution in [3.63, 3.8) is 0 Å². The Morgan fingerprint density at radius 1 is 1.28 bits per heavy atom. The van der Waals surface area contributed by atoms with Gasteiger partial charge >= 0.3 is 0 Å². The maximum absolute atomic E-state index is 11.6. The Kier molecular flexibility index (Phi) is 6.12. The molecule has 3 N–H and O–H groups in total. The SMILES string of the molecule is CN(C)C(=O)CN[C@H](CC(N)=O)C1CCCCC1. The molecule has 1 aliphatic carbocycles. The first-order chi connectivity index (χ1) is 8.50. The van der Waals surface area contributed by atoms with E-state index in [4.69, 9.17) is 5.73 Å². The van der Waals surface area contributed by atoms with Crippen LogP contribution in [0, 0.1) is 5.92 Å². The van der Waals surface area contributed by atoms with Gasteiger partial charge in [-0.15, -0.1) is 0 Å². The first kappa shape index (κ1) is 15.0. The van der Waals surface area contributed by atoms with Gasteiger partial charge in [0.05, 0.1) is 6.54 Å². The summed E-state index contributed by atoms with van der Waals surface area (Å²) in [7, 11) is 3.46. The third-order valence-corrected chi connectivity index (χ3v) is 3.65. The van der Waals surface area contributed by atoms with Gasteiger partial charge in [0.15, 0.2) is 0 Å². The highest BCUT2D eigenvalue weighted by Crippen LogP contribution is 2.27. The summed E-state index contributed by atoms with van der Waals surface area (Å²) >= 11 is 0. The van der Waals surface area contributed by atoms with Crippen LogP contribution in [0.3, 0.4) is 0 Å². The van der Waals surface area contributed by atoms with Crippen molar-refractivity contribution >= 4 is 11.8 Å². The van der Waals surface area contributed by atoms with Gasteiger partial charge in [0.25, 0.3) is 0 Å². The number of hydrogen-bond donors (Lipinski definition) is 2. The molecule has 0 unspecified atom stereocenters. The number of carbonyl (C=O) groups is 2. The van der Waals surface area contributed by atoms with Crippen molar-refractivity contribution < 1.29 is 9.59 Å². The molecule has 5 nitrogen and oxygen atoms in total. The summed E-state index contributed by atoms with van der Waals surface area (Å²) in [5, 5.41) is 3.21. The minimum atomic E-state index is -0.296. The molecule has 1 saturated carbocycles. The number of rotatable bonds is 6. The summed E-state index contributed by atoms with van der Waals surface area (Å²) in [5.41, 5.74) is 5.29. The Labute approximate surface area is 109 Å². The molecule has 1 fully saturated rings. The molecule has 104 valence electrons. The van der Waals surface area contributed by atoms with Crippen molar-refractivity contribution in [1.29, 1.82) is 0 Å². The van der Waals surface area contributed by atoms with E-state index in [2.05, 4.69) is 5.32 Å². The monoisotopic (exact) mass is 255 g/mol. The zero-order chi connectivity index (χ0) is 13.5. The van der Waals surface area contributed by atoms with Crippen LogP contribution in [0.2, 0.25) is 0 Å². The van der Waals surface area contributed by atoms with Crippen LogP contribution >= 0.6 is 0 Å². The highest BCUT2D eigenvalue weighted by atomic mass is 16.2. The first-order valence-electron chi connectivity index (χ1n) is 6.72. The zero-order valence-corrected chi connectivity index (χ0v) is 11.4. The van der Waals surface area contributed by atoms with Crippen molar-refractivity contribution in [3.05, 3.63) is 0 Å². The fraction of sp³-hybridized carbons (Fsp3) is 0.846. The number of primary amides is 1. The maximum Gasteiger partial charge on any atom is 0.236 e. The van der Waals surface area contributed by atoms with Gasteiger partial charge in [0, 0.05) is 26.6 Å². The molecule has 0 aliphatic heterocycles. The Hall–Kier alpha value is -1.10. The van der Waals surface area contributed by atoms with E-state index >= 15 is 0 Å². The predicted octanol–water partition coefficient (Wildman–Crippen LogP) is 0.489. The zero-order valence-electron chi connectivity index (χ0n) is 11.4. The minimum Gasteiger partial charge on any atom is -0.370 e. The summed E-state index contributed by atoms with van der Waals surface area (Å²) in [6.07, 6.45) is 6.27. The normalized spacial score (nSPS) is 18.3. The van der Waals surface area contributed by atoms with Crippen molar-refractivity contribution in [1.82, 2.24) is 10.2 Å². The Morgan fingerprint density at radius 2 is 1.89 bits per heavy atom. The molecule has 0 aromatic rings. The second kappa shape index (κ2) is 7.36. The fourth-order valence-electron chi connectivity index (χ4n) is 2.54. The summed E-state index contributed by atoms with van der Waals surface area (Å²) in [5.74, 6) is 0.205. The van der Waals surface area contributed by atoms with Crippen LogP contribution in [-0.2, 0) is 9.59 Å². The molecule has 1 rings (SSSR count). The third-order valence-electron chi connectivity index (χ3n) is 3.65. The number of nitrogens with two attached hydrogens (primary N) is 1. The highest BCUT2D eigenvalue weighted by Gasteiger charge is 2.25. The van der Waals surface area contributed by atoms with Crippen molar-refractivity contribution in [3.8, 4) is 0 Å². The molecule has 1 atom stereocenters. The van der Waals surface area contributed by atoms with Gasteiger partial charge in [0.1, 0.15) is 0 Å². The molecule has 0 heterocycles. The van der Waals surface area contributed by atoms with Gasteiger partial charge in [-0.1, -0.05) is 19.3 Å². The molecule has 1 aliphatic rings. The molecular weight excluding hydrogens is 230 g/mol. The molecule has 0 bridgehead atoms. The van der Waals surface area contributed by atoms with Gasteiger partial charge in [-0.05, 0) is 18.8 Å². The van der Waals surface area contributed by atoms with E-state index in [9.17, 15) is 9.59 Å². The average molecular weight is 255 g/mol. The van der Waals surface area contributed by atoms with Gasteiger partial charge < -0.3 is 16.0 Å². The number of nitrogens with one attached hydrogen (secondary N) is 1. The van der Waals surface area contributed by atoms with Crippen LogP contribution in [0.1, 0.15) is 38.5 Å². The molecule has 0 radical (unpaired) electrons. The molecule has 0 aromatic heterocycles. The van der Waals surface area contributed by atoms with Crippen molar-refractivity contribution in [2.45, 2.75) is 44.6 Å². The summed E-state index contributed by atoms with van der Waals surface area (Å²) in [6, 6.07) is 0.0479. The highest BCUT2D eigenvalue weighted by molar-refractivity contribution is 5.78. The first-order valence-corrected chi connectivity index (χ1v) is 6.72. The largest absolute Gasteiger partial charge is 0.370 e. The molecular formula is C13H25N3O2. The number of nitrogens with zero attached hydrogens (tertiary/aromatic N) is 1. The summed E-state index contributed by atoms with van der Waals surface area (Å²) in [4.78, 5) is 24.2. The lowest BCUT2D eigenvalue weighted by molar-refractivity contribution is -0.128. The average Bonchev–Trinajstić information content (AvgIpc) is 2.34. The maximum atomic E-state index is 11.6. The fourth-order valence-corrected chi connectivity index (χ4v) is 2.54. The van der Waals surface area contributed by atoms with E-state index in [0.29, 0.717) is 12.3 Å². The lowest BCUT2D eigenvalue weighted by Crippen LogP contribution is -2.44. The molecule has 0 spiro atoms.